The number of ether oxygens (including phenoxy) is 3. The second kappa shape index (κ2) is 9.69. The second-order valence-electron chi connectivity index (χ2n) is 6.63. The Labute approximate surface area is 183 Å². The molecule has 9 heteroatoms. The Kier molecular flexibility index (Phi) is 6.35. The van der Waals surface area contributed by atoms with Crippen molar-refractivity contribution in [2.45, 2.75) is 6.54 Å². The molecule has 0 radical (unpaired) electrons. The van der Waals surface area contributed by atoms with Gasteiger partial charge in [0.1, 0.15) is 18.7 Å². The van der Waals surface area contributed by atoms with Gasteiger partial charge in [-0.05, 0) is 48.5 Å². The molecule has 0 saturated carbocycles. The number of anilines is 1. The first kappa shape index (κ1) is 21.0. The zero-order chi connectivity index (χ0) is 22.3. The molecule has 0 aliphatic rings. The van der Waals surface area contributed by atoms with E-state index in [1.54, 1.807) is 30.1 Å². The largest absolute Gasteiger partial charge is 0.493 e. The zero-order valence-corrected chi connectivity index (χ0v) is 17.2. The van der Waals surface area contributed by atoms with Gasteiger partial charge in [-0.2, -0.15) is 5.10 Å². The molecule has 0 atom stereocenters. The van der Waals surface area contributed by atoms with Gasteiger partial charge in [-0.15, -0.1) is 0 Å². The number of rotatable bonds is 8. The van der Waals surface area contributed by atoms with E-state index in [0.29, 0.717) is 29.5 Å². The molecule has 2 aromatic carbocycles. The van der Waals surface area contributed by atoms with Gasteiger partial charge in [-0.25, -0.2) is 9.18 Å². The molecular weight excluding hydrogens is 417 g/mol. The summed E-state index contributed by atoms with van der Waals surface area (Å²) in [6.07, 6.45) is 4.04. The molecular formula is C23H20FN3O5. The average Bonchev–Trinajstić information content (AvgIpc) is 3.47. The van der Waals surface area contributed by atoms with Gasteiger partial charge in [0.15, 0.2) is 17.2 Å². The van der Waals surface area contributed by atoms with Crippen LogP contribution in [-0.2, 0) is 11.3 Å². The Hall–Kier alpha value is -4.27. The van der Waals surface area contributed by atoms with Crippen LogP contribution in [0.15, 0.2) is 77.7 Å². The van der Waals surface area contributed by atoms with E-state index in [1.165, 1.54) is 36.8 Å². The van der Waals surface area contributed by atoms with Crippen LogP contribution >= 0.6 is 0 Å². The monoisotopic (exact) mass is 437 g/mol. The van der Waals surface area contributed by atoms with Crippen molar-refractivity contribution in [2.75, 3.05) is 19.0 Å². The highest BCUT2D eigenvalue weighted by molar-refractivity contribution is 5.84. The van der Waals surface area contributed by atoms with Gasteiger partial charge in [0.2, 0.25) is 0 Å². The second-order valence-corrected chi connectivity index (χ2v) is 6.63. The van der Waals surface area contributed by atoms with E-state index in [2.05, 4.69) is 10.4 Å². The number of carbonyl (C=O) groups is 1. The molecule has 1 amide bonds. The van der Waals surface area contributed by atoms with E-state index < -0.39 is 6.09 Å². The molecule has 0 aliphatic carbocycles. The lowest BCUT2D eigenvalue weighted by molar-refractivity contribution is 0.156. The van der Waals surface area contributed by atoms with Gasteiger partial charge in [0, 0.05) is 23.5 Å². The molecule has 4 rings (SSSR count). The minimum Gasteiger partial charge on any atom is -0.493 e. The van der Waals surface area contributed by atoms with Crippen molar-refractivity contribution >= 4 is 11.8 Å². The molecule has 164 valence electrons. The first-order valence-corrected chi connectivity index (χ1v) is 9.72. The minimum atomic E-state index is -0.634. The van der Waals surface area contributed by atoms with Crippen LogP contribution in [0.4, 0.5) is 14.9 Å². The Morgan fingerprint density at radius 2 is 1.97 bits per heavy atom. The molecule has 0 unspecified atom stereocenters. The molecule has 0 bridgehead atoms. The topological polar surface area (TPSA) is 87.8 Å². The predicted molar refractivity (Wildman–Crippen MR) is 114 cm³/mol. The lowest BCUT2D eigenvalue weighted by atomic mass is 10.1. The van der Waals surface area contributed by atoms with Crippen LogP contribution < -0.4 is 14.8 Å². The third-order valence-electron chi connectivity index (χ3n) is 4.53. The molecule has 32 heavy (non-hydrogen) atoms. The molecule has 2 aromatic heterocycles. The van der Waals surface area contributed by atoms with E-state index in [1.807, 2.05) is 18.2 Å². The summed E-state index contributed by atoms with van der Waals surface area (Å²) in [5, 5.41) is 6.85. The first-order chi connectivity index (χ1) is 15.6. The summed E-state index contributed by atoms with van der Waals surface area (Å²) in [6.45, 7) is 0.430. The molecule has 0 aliphatic heterocycles. The summed E-state index contributed by atoms with van der Waals surface area (Å²) in [7, 11) is 1.57. The maximum Gasteiger partial charge on any atom is 0.411 e. The van der Waals surface area contributed by atoms with Crippen LogP contribution in [0.2, 0.25) is 0 Å². The van der Waals surface area contributed by atoms with Crippen molar-refractivity contribution in [3.63, 3.8) is 0 Å². The van der Waals surface area contributed by atoms with E-state index >= 15 is 0 Å². The van der Waals surface area contributed by atoms with Gasteiger partial charge in [-0.3, -0.25) is 10.00 Å². The molecule has 8 nitrogen and oxygen atoms in total. The minimum absolute atomic E-state index is 0.0935. The SMILES string of the molecule is COc1ccc(-c2ccnn2CCOC(=O)Nc2ccc(F)cc2)cc1Oc1ccoc1. The molecule has 0 spiro atoms. The highest BCUT2D eigenvalue weighted by Gasteiger charge is 2.13. The smallest absolute Gasteiger partial charge is 0.411 e. The first-order valence-electron chi connectivity index (χ1n) is 9.72. The Morgan fingerprint density at radius 1 is 1.12 bits per heavy atom. The molecule has 4 aromatic rings. The van der Waals surface area contributed by atoms with Crippen molar-refractivity contribution in [1.82, 2.24) is 9.78 Å². The van der Waals surface area contributed by atoms with Crippen LogP contribution in [-0.4, -0.2) is 29.6 Å². The number of hydrogen-bond donors (Lipinski definition) is 1. The van der Waals surface area contributed by atoms with Crippen LogP contribution in [0, 0.1) is 5.82 Å². The zero-order valence-electron chi connectivity index (χ0n) is 17.2. The average molecular weight is 437 g/mol. The number of amides is 1. The number of methoxy groups -OCH3 is 1. The Bertz CT molecular complexity index is 1170. The number of aromatic nitrogens is 2. The van der Waals surface area contributed by atoms with Crippen molar-refractivity contribution in [1.29, 1.82) is 0 Å². The highest BCUT2D eigenvalue weighted by atomic mass is 19.1. The quantitative estimate of drug-likeness (QED) is 0.401. The van der Waals surface area contributed by atoms with Gasteiger partial charge in [-0.1, -0.05) is 0 Å². The van der Waals surface area contributed by atoms with Crippen molar-refractivity contribution < 1.29 is 27.8 Å². The Morgan fingerprint density at radius 3 is 2.72 bits per heavy atom. The van der Waals surface area contributed by atoms with Gasteiger partial charge in [0.05, 0.1) is 25.6 Å². The van der Waals surface area contributed by atoms with Crippen LogP contribution in [0.5, 0.6) is 17.2 Å². The number of furan rings is 1. The number of carbonyl (C=O) groups excluding carboxylic acids is 1. The number of benzene rings is 2. The van der Waals surface area contributed by atoms with E-state index in [4.69, 9.17) is 18.6 Å². The Balaban J connectivity index is 1.41. The molecule has 0 fully saturated rings. The van der Waals surface area contributed by atoms with Gasteiger partial charge < -0.3 is 18.6 Å². The molecule has 0 saturated heterocycles. The summed E-state index contributed by atoms with van der Waals surface area (Å²) in [4.78, 5) is 12.0. The summed E-state index contributed by atoms with van der Waals surface area (Å²) in [5.74, 6) is 1.26. The van der Waals surface area contributed by atoms with Crippen LogP contribution in [0.25, 0.3) is 11.3 Å². The molecule has 2 heterocycles. The van der Waals surface area contributed by atoms with Crippen LogP contribution in [0.3, 0.4) is 0 Å². The summed E-state index contributed by atoms with van der Waals surface area (Å²) in [6, 6.07) is 14.5. The maximum atomic E-state index is 13.0. The standard InChI is InChI=1S/C23H20FN3O5/c1-29-21-7-2-16(14-22(21)32-19-9-12-30-15-19)20-8-10-25-27(20)11-13-31-23(28)26-18-5-3-17(24)4-6-18/h2-10,12,14-15H,11,13H2,1H3,(H,26,28). The number of halogens is 1. The molecule has 1 N–H and O–H groups in total. The highest BCUT2D eigenvalue weighted by Crippen LogP contribution is 2.35. The lowest BCUT2D eigenvalue weighted by Gasteiger charge is -2.13. The number of hydrogen-bond acceptors (Lipinski definition) is 6. The fraction of sp³-hybridized carbons (Fsp3) is 0.130. The summed E-state index contributed by atoms with van der Waals surface area (Å²) in [5.41, 5.74) is 2.10. The van der Waals surface area contributed by atoms with E-state index in [0.717, 1.165) is 11.3 Å². The van der Waals surface area contributed by atoms with Crippen LogP contribution in [0.1, 0.15) is 0 Å². The maximum absolute atomic E-state index is 13.0. The number of nitrogens with one attached hydrogen (secondary N) is 1. The van der Waals surface area contributed by atoms with E-state index in [-0.39, 0.29) is 12.4 Å². The van der Waals surface area contributed by atoms with Crippen molar-refractivity contribution in [3.05, 3.63) is 79.1 Å². The third kappa shape index (κ3) is 5.07. The predicted octanol–water partition coefficient (Wildman–Crippen LogP) is 5.33. The fourth-order valence-electron chi connectivity index (χ4n) is 3.02. The van der Waals surface area contributed by atoms with Gasteiger partial charge in [0.25, 0.3) is 0 Å². The summed E-state index contributed by atoms with van der Waals surface area (Å²) < 4.78 is 36.1. The van der Waals surface area contributed by atoms with Crippen molar-refractivity contribution in [3.8, 4) is 28.5 Å². The van der Waals surface area contributed by atoms with Gasteiger partial charge >= 0.3 is 6.09 Å². The normalized spacial score (nSPS) is 10.6. The lowest BCUT2D eigenvalue weighted by Crippen LogP contribution is -2.17. The third-order valence-corrected chi connectivity index (χ3v) is 4.53. The number of nitrogens with zero attached hydrogens (tertiary/aromatic N) is 2. The van der Waals surface area contributed by atoms with Crippen molar-refractivity contribution in [2.24, 2.45) is 0 Å². The van der Waals surface area contributed by atoms with E-state index in [9.17, 15) is 9.18 Å². The fourth-order valence-corrected chi connectivity index (χ4v) is 3.02. The summed E-state index contributed by atoms with van der Waals surface area (Å²) >= 11 is 0.